The zero-order valence-electron chi connectivity index (χ0n) is 14.5. The summed E-state index contributed by atoms with van der Waals surface area (Å²) in [7, 11) is -3.65. The lowest BCUT2D eigenvalue weighted by molar-refractivity contribution is 0.609. The summed E-state index contributed by atoms with van der Waals surface area (Å²) < 4.78 is 29.6. The lowest BCUT2D eigenvalue weighted by atomic mass is 10.1. The van der Waals surface area contributed by atoms with Crippen LogP contribution in [-0.2, 0) is 10.0 Å². The van der Waals surface area contributed by atoms with Crippen molar-refractivity contribution in [3.05, 3.63) is 82.8 Å². The van der Waals surface area contributed by atoms with Gasteiger partial charge in [-0.3, -0.25) is 9.12 Å². The molecule has 0 amide bonds. The second kappa shape index (κ2) is 7.02. The number of hydrogen-bond donors (Lipinski definition) is 1. The van der Waals surface area contributed by atoms with Gasteiger partial charge in [0.05, 0.1) is 16.8 Å². The van der Waals surface area contributed by atoms with E-state index in [9.17, 15) is 8.42 Å². The topological polar surface area (TPSA) is 63.5 Å². The van der Waals surface area contributed by atoms with Crippen LogP contribution < -0.4 is 4.72 Å². The van der Waals surface area contributed by atoms with Crippen molar-refractivity contribution < 1.29 is 8.42 Å². The van der Waals surface area contributed by atoms with Crippen LogP contribution in [0.25, 0.3) is 22.3 Å². The number of hydrogen-bond acceptors (Lipinski definition) is 4. The summed E-state index contributed by atoms with van der Waals surface area (Å²) in [6, 6.07) is 14.9. The number of imidazole rings is 1. The lowest BCUT2D eigenvalue weighted by Gasteiger charge is -2.09. The highest BCUT2D eigenvalue weighted by Gasteiger charge is 2.13. The van der Waals surface area contributed by atoms with Crippen molar-refractivity contribution in [1.29, 1.82) is 0 Å². The molecule has 0 fully saturated rings. The summed E-state index contributed by atoms with van der Waals surface area (Å²) in [6.45, 7) is 1.99. The molecule has 2 aromatic carbocycles. The Morgan fingerprint density at radius 3 is 2.67 bits per heavy atom. The highest BCUT2D eigenvalue weighted by Crippen LogP contribution is 2.29. The number of para-hydroxylation sites is 1. The maximum Gasteiger partial charge on any atom is 0.255 e. The van der Waals surface area contributed by atoms with E-state index in [2.05, 4.69) is 9.71 Å². The first kappa shape index (κ1) is 17.5. The van der Waals surface area contributed by atoms with Crippen molar-refractivity contribution in [2.75, 3.05) is 4.72 Å². The van der Waals surface area contributed by atoms with E-state index in [1.165, 1.54) is 16.7 Å². The van der Waals surface area contributed by atoms with Crippen LogP contribution in [0.1, 0.15) is 11.1 Å². The Morgan fingerprint density at radius 1 is 1.11 bits per heavy atom. The summed E-state index contributed by atoms with van der Waals surface area (Å²) in [5.74, 6) is 0. The Labute approximate surface area is 161 Å². The highest BCUT2D eigenvalue weighted by atomic mass is 32.2. The maximum absolute atomic E-state index is 12.5. The van der Waals surface area contributed by atoms with Crippen molar-refractivity contribution in [2.45, 2.75) is 6.92 Å². The predicted octanol–water partition coefficient (Wildman–Crippen LogP) is 4.78. The van der Waals surface area contributed by atoms with Crippen LogP contribution in [-0.4, -0.2) is 17.8 Å². The molecule has 2 heterocycles. The number of sulfonamides is 1. The van der Waals surface area contributed by atoms with E-state index in [0.717, 1.165) is 27.3 Å². The van der Waals surface area contributed by atoms with Crippen molar-refractivity contribution in [3.8, 4) is 11.3 Å². The molecule has 1 N–H and O–H groups in total. The average molecular weight is 396 g/mol. The summed E-state index contributed by atoms with van der Waals surface area (Å²) in [5.41, 5.74) is 3.91. The molecule has 0 saturated carbocycles. The van der Waals surface area contributed by atoms with Gasteiger partial charge in [-0.1, -0.05) is 48.0 Å². The largest absolute Gasteiger partial charge is 0.297 e. The second-order valence-corrected chi connectivity index (χ2v) is 8.56. The van der Waals surface area contributed by atoms with Gasteiger partial charge in [0, 0.05) is 23.3 Å². The fourth-order valence-electron chi connectivity index (χ4n) is 2.69. The molecule has 0 unspecified atom stereocenters. The van der Waals surface area contributed by atoms with Crippen molar-refractivity contribution in [1.82, 2.24) is 9.38 Å². The summed E-state index contributed by atoms with van der Waals surface area (Å²) >= 11 is 1.53. The third kappa shape index (κ3) is 3.94. The van der Waals surface area contributed by atoms with Gasteiger partial charge in [0.1, 0.15) is 0 Å². The smallest absolute Gasteiger partial charge is 0.255 e. The summed E-state index contributed by atoms with van der Waals surface area (Å²) in [4.78, 5) is 5.43. The van der Waals surface area contributed by atoms with E-state index in [1.807, 2.05) is 65.5 Å². The predicted molar refractivity (Wildman–Crippen MR) is 111 cm³/mol. The third-order valence-electron chi connectivity index (χ3n) is 4.07. The normalized spacial score (nSPS) is 12.0. The zero-order chi connectivity index (χ0) is 18.9. The van der Waals surface area contributed by atoms with E-state index in [0.29, 0.717) is 5.69 Å². The molecule has 5 nitrogen and oxygen atoms in total. The second-order valence-electron chi connectivity index (χ2n) is 6.13. The SMILES string of the molecule is Cc1ccc(/C=C/S(=O)(=O)Nc2ccccc2-c2cn3ccsc3n2)cc1. The van der Waals surface area contributed by atoms with Gasteiger partial charge in [0.15, 0.2) is 4.96 Å². The summed E-state index contributed by atoms with van der Waals surface area (Å²) in [5, 5.41) is 3.14. The molecule has 2 aromatic heterocycles. The first-order valence-corrected chi connectivity index (χ1v) is 10.7. The molecule has 7 heteroatoms. The van der Waals surface area contributed by atoms with Crippen LogP contribution in [0.5, 0.6) is 0 Å². The molecule has 0 radical (unpaired) electrons. The van der Waals surface area contributed by atoms with Crippen LogP contribution in [0.4, 0.5) is 5.69 Å². The minimum absolute atomic E-state index is 0.497. The van der Waals surface area contributed by atoms with E-state index in [4.69, 9.17) is 0 Å². The van der Waals surface area contributed by atoms with E-state index in [1.54, 1.807) is 18.2 Å². The zero-order valence-corrected chi connectivity index (χ0v) is 16.2. The van der Waals surface area contributed by atoms with Gasteiger partial charge in [0.25, 0.3) is 10.0 Å². The fourth-order valence-corrected chi connectivity index (χ4v) is 4.27. The molecule has 4 aromatic rings. The highest BCUT2D eigenvalue weighted by molar-refractivity contribution is 7.95. The maximum atomic E-state index is 12.5. The number of nitrogens with zero attached hydrogens (tertiary/aromatic N) is 2. The molecule has 0 atom stereocenters. The van der Waals surface area contributed by atoms with Crippen molar-refractivity contribution in [2.24, 2.45) is 0 Å². The van der Waals surface area contributed by atoms with Crippen LogP contribution >= 0.6 is 11.3 Å². The van der Waals surface area contributed by atoms with Gasteiger partial charge in [-0.2, -0.15) is 0 Å². The Bertz CT molecular complexity index is 1190. The van der Waals surface area contributed by atoms with E-state index >= 15 is 0 Å². The molecule has 0 aliphatic rings. The minimum atomic E-state index is -3.65. The molecule has 4 rings (SSSR count). The number of aromatic nitrogens is 2. The van der Waals surface area contributed by atoms with Crippen molar-refractivity contribution in [3.63, 3.8) is 0 Å². The molecule has 0 aliphatic heterocycles. The number of anilines is 1. The van der Waals surface area contributed by atoms with Crippen molar-refractivity contribution >= 4 is 38.1 Å². The molecular weight excluding hydrogens is 378 g/mol. The Balaban J connectivity index is 1.62. The Morgan fingerprint density at radius 2 is 1.89 bits per heavy atom. The molecular formula is C20H17N3O2S2. The van der Waals surface area contributed by atoms with Gasteiger partial charge in [-0.25, -0.2) is 13.4 Å². The first-order valence-electron chi connectivity index (χ1n) is 8.29. The van der Waals surface area contributed by atoms with Crippen LogP contribution in [0, 0.1) is 6.92 Å². The minimum Gasteiger partial charge on any atom is -0.297 e. The molecule has 27 heavy (non-hydrogen) atoms. The third-order valence-corrected chi connectivity index (χ3v) is 5.84. The average Bonchev–Trinajstić information content (AvgIpc) is 3.23. The molecule has 0 saturated heterocycles. The molecule has 0 spiro atoms. The Kier molecular flexibility index (Phi) is 4.55. The van der Waals surface area contributed by atoms with Crippen LogP contribution in [0.2, 0.25) is 0 Å². The van der Waals surface area contributed by atoms with E-state index in [-0.39, 0.29) is 0 Å². The number of nitrogens with one attached hydrogen (secondary N) is 1. The van der Waals surface area contributed by atoms with Crippen LogP contribution in [0.15, 0.2) is 71.7 Å². The molecule has 0 bridgehead atoms. The summed E-state index contributed by atoms with van der Waals surface area (Å²) in [6.07, 6.45) is 5.39. The van der Waals surface area contributed by atoms with E-state index < -0.39 is 10.0 Å². The number of benzene rings is 2. The standard InChI is InChI=1S/C20H17N3O2S2/c1-15-6-8-16(9-7-15)10-13-27(24,25)22-18-5-3-2-4-17(18)19-14-23-11-12-26-20(23)21-19/h2-14,22H,1H3/b13-10+. The van der Waals surface area contributed by atoms with Crippen LogP contribution in [0.3, 0.4) is 0 Å². The monoisotopic (exact) mass is 395 g/mol. The number of thiazole rings is 1. The van der Waals surface area contributed by atoms with Gasteiger partial charge in [-0.15, -0.1) is 11.3 Å². The van der Waals surface area contributed by atoms with Gasteiger partial charge >= 0.3 is 0 Å². The first-order chi connectivity index (χ1) is 13.0. The number of aryl methyl sites for hydroxylation is 1. The fraction of sp³-hybridized carbons (Fsp3) is 0.0500. The van der Waals surface area contributed by atoms with Gasteiger partial charge in [0.2, 0.25) is 0 Å². The molecule has 136 valence electrons. The molecule has 0 aliphatic carbocycles. The van der Waals surface area contributed by atoms with Gasteiger partial charge < -0.3 is 0 Å². The number of fused-ring (bicyclic) bond motifs is 1. The Hall–Kier alpha value is -2.90. The lowest BCUT2D eigenvalue weighted by Crippen LogP contribution is -2.09. The van der Waals surface area contributed by atoms with Gasteiger partial charge in [-0.05, 0) is 24.6 Å². The number of rotatable bonds is 5. The quantitative estimate of drug-likeness (QED) is 0.529.